The Kier molecular flexibility index (Phi) is 2.59. The molecule has 0 aliphatic carbocycles. The summed E-state index contributed by atoms with van der Waals surface area (Å²) in [5.74, 6) is 0.138. The van der Waals surface area contributed by atoms with Gasteiger partial charge in [0, 0.05) is 16.9 Å². The Hall–Kier alpha value is -0.900. The lowest BCUT2D eigenvalue weighted by atomic mass is 10.3. The van der Waals surface area contributed by atoms with E-state index in [0.717, 1.165) is 4.47 Å². The molecule has 0 spiro atoms. The van der Waals surface area contributed by atoms with Crippen molar-refractivity contribution < 1.29 is 4.74 Å². The molecular weight excluding hydrogens is 208 g/mol. The summed E-state index contributed by atoms with van der Waals surface area (Å²) in [4.78, 5) is 3.86. The molecule has 0 radical (unpaired) electrons. The molecule has 1 aromatic heterocycles. The van der Waals surface area contributed by atoms with Gasteiger partial charge in [-0.2, -0.15) is 0 Å². The van der Waals surface area contributed by atoms with E-state index in [2.05, 4.69) is 20.9 Å². The van der Waals surface area contributed by atoms with Gasteiger partial charge in [0.15, 0.2) is 0 Å². The van der Waals surface area contributed by atoms with Crippen molar-refractivity contribution in [2.45, 2.75) is 0 Å². The third kappa shape index (κ3) is 1.77. The predicted octanol–water partition coefficient (Wildman–Crippen LogP) is 1.82. The van der Waals surface area contributed by atoms with Crippen LogP contribution in [0.25, 0.3) is 0 Å². The van der Waals surface area contributed by atoms with Crippen LogP contribution in [0.2, 0.25) is 0 Å². The summed E-state index contributed by atoms with van der Waals surface area (Å²) in [5, 5.41) is 7.34. The van der Waals surface area contributed by atoms with Crippen molar-refractivity contribution in [1.29, 1.82) is 5.41 Å². The molecule has 0 amide bonds. The number of aromatic nitrogens is 1. The molecule has 11 heavy (non-hydrogen) atoms. The van der Waals surface area contributed by atoms with E-state index in [4.69, 9.17) is 10.1 Å². The third-order valence-electron chi connectivity index (χ3n) is 1.22. The second-order valence-corrected chi connectivity index (χ2v) is 2.74. The molecule has 0 saturated heterocycles. The minimum Gasteiger partial charge on any atom is -0.481 e. The van der Waals surface area contributed by atoms with Crippen molar-refractivity contribution in [3.8, 4) is 0 Å². The highest BCUT2D eigenvalue weighted by Gasteiger charge is 2.03. The van der Waals surface area contributed by atoms with E-state index >= 15 is 0 Å². The zero-order valence-corrected chi connectivity index (χ0v) is 7.55. The molecule has 0 fully saturated rings. The second-order valence-electron chi connectivity index (χ2n) is 1.89. The summed E-state index contributed by atoms with van der Waals surface area (Å²) in [6, 6.07) is 1.72. The van der Waals surface area contributed by atoms with E-state index in [1.807, 2.05) is 0 Å². The highest BCUT2D eigenvalue weighted by atomic mass is 79.9. The van der Waals surface area contributed by atoms with Gasteiger partial charge in [-0.1, -0.05) is 0 Å². The summed E-state index contributed by atoms with van der Waals surface area (Å²) < 4.78 is 5.51. The molecule has 0 aliphatic heterocycles. The fraction of sp³-hybridized carbons (Fsp3) is 0.143. The lowest BCUT2D eigenvalue weighted by molar-refractivity contribution is 0.401. The summed E-state index contributed by atoms with van der Waals surface area (Å²) in [5.41, 5.74) is 0.711. The topological polar surface area (TPSA) is 46.0 Å². The number of halogens is 1. The highest BCUT2D eigenvalue weighted by molar-refractivity contribution is 9.10. The minimum absolute atomic E-state index is 0.138. The summed E-state index contributed by atoms with van der Waals surface area (Å²) in [6.45, 7) is 0. The van der Waals surface area contributed by atoms with E-state index in [1.54, 1.807) is 18.5 Å². The van der Waals surface area contributed by atoms with Crippen LogP contribution in [0.1, 0.15) is 5.56 Å². The number of hydrogen-bond acceptors (Lipinski definition) is 3. The number of nitrogens with zero attached hydrogens (tertiary/aromatic N) is 1. The maximum absolute atomic E-state index is 7.34. The second kappa shape index (κ2) is 3.48. The zero-order chi connectivity index (χ0) is 8.27. The maximum atomic E-state index is 7.34. The Morgan fingerprint density at radius 3 is 3.00 bits per heavy atom. The molecule has 1 aromatic rings. The van der Waals surface area contributed by atoms with Crippen LogP contribution >= 0.6 is 15.9 Å². The lowest BCUT2D eigenvalue weighted by Gasteiger charge is -2.02. The van der Waals surface area contributed by atoms with Gasteiger partial charge in [0.1, 0.15) is 0 Å². The van der Waals surface area contributed by atoms with E-state index in [9.17, 15) is 0 Å². The summed E-state index contributed by atoms with van der Waals surface area (Å²) >= 11 is 3.25. The van der Waals surface area contributed by atoms with Crippen molar-refractivity contribution in [3.63, 3.8) is 0 Å². The average Bonchev–Trinajstić information content (AvgIpc) is 2.04. The van der Waals surface area contributed by atoms with Gasteiger partial charge in [0.05, 0.1) is 12.7 Å². The first-order valence-electron chi connectivity index (χ1n) is 2.98. The first-order chi connectivity index (χ1) is 5.25. The molecule has 0 aliphatic rings. The van der Waals surface area contributed by atoms with Gasteiger partial charge < -0.3 is 4.74 Å². The zero-order valence-electron chi connectivity index (χ0n) is 5.97. The van der Waals surface area contributed by atoms with Gasteiger partial charge in [-0.05, 0) is 22.0 Å². The molecule has 0 bridgehead atoms. The van der Waals surface area contributed by atoms with Crippen LogP contribution < -0.4 is 0 Å². The van der Waals surface area contributed by atoms with Crippen molar-refractivity contribution in [2.75, 3.05) is 7.11 Å². The SMILES string of the molecule is COC(=N)c1ccncc1Br. The standard InChI is InChI=1S/C7H7BrN2O/c1-11-7(9)5-2-3-10-4-6(5)8/h2-4,9H,1H3. The molecule has 1 rings (SSSR count). The van der Waals surface area contributed by atoms with Gasteiger partial charge in [-0.3, -0.25) is 10.4 Å². The Morgan fingerprint density at radius 1 is 1.73 bits per heavy atom. The molecule has 0 unspecified atom stereocenters. The molecule has 3 nitrogen and oxygen atoms in total. The minimum atomic E-state index is 0.138. The lowest BCUT2D eigenvalue weighted by Crippen LogP contribution is -2.01. The van der Waals surface area contributed by atoms with Crippen LogP contribution in [0.15, 0.2) is 22.9 Å². The molecule has 58 valence electrons. The van der Waals surface area contributed by atoms with Crippen molar-refractivity contribution in [2.24, 2.45) is 0 Å². The van der Waals surface area contributed by atoms with Crippen LogP contribution in [-0.4, -0.2) is 18.0 Å². The molecule has 1 heterocycles. The number of ether oxygens (including phenoxy) is 1. The summed E-state index contributed by atoms with van der Waals surface area (Å²) in [7, 11) is 1.47. The van der Waals surface area contributed by atoms with E-state index in [-0.39, 0.29) is 5.90 Å². The van der Waals surface area contributed by atoms with Crippen molar-refractivity contribution in [1.82, 2.24) is 4.98 Å². The van der Waals surface area contributed by atoms with Crippen molar-refractivity contribution >= 4 is 21.8 Å². The fourth-order valence-electron chi connectivity index (χ4n) is 0.669. The fourth-order valence-corrected chi connectivity index (χ4v) is 1.10. The average molecular weight is 215 g/mol. The molecule has 0 atom stereocenters. The monoisotopic (exact) mass is 214 g/mol. The predicted molar refractivity (Wildman–Crippen MR) is 45.8 cm³/mol. The number of hydrogen-bond donors (Lipinski definition) is 1. The Bertz CT molecular complexity index is 275. The highest BCUT2D eigenvalue weighted by Crippen LogP contribution is 2.14. The van der Waals surface area contributed by atoms with Gasteiger partial charge in [-0.15, -0.1) is 0 Å². The normalized spacial score (nSPS) is 9.27. The van der Waals surface area contributed by atoms with E-state index < -0.39 is 0 Å². The Labute approximate surface area is 73.0 Å². The van der Waals surface area contributed by atoms with Crippen LogP contribution in [0.4, 0.5) is 0 Å². The van der Waals surface area contributed by atoms with Gasteiger partial charge >= 0.3 is 0 Å². The van der Waals surface area contributed by atoms with Crippen LogP contribution in [0, 0.1) is 5.41 Å². The number of nitrogens with one attached hydrogen (secondary N) is 1. The molecular formula is C7H7BrN2O. The van der Waals surface area contributed by atoms with Gasteiger partial charge in [0.2, 0.25) is 5.90 Å². The van der Waals surface area contributed by atoms with E-state index in [1.165, 1.54) is 7.11 Å². The quantitative estimate of drug-likeness (QED) is 0.573. The van der Waals surface area contributed by atoms with Crippen molar-refractivity contribution in [3.05, 3.63) is 28.5 Å². The number of pyridine rings is 1. The van der Waals surface area contributed by atoms with Crippen LogP contribution in [0.5, 0.6) is 0 Å². The summed E-state index contributed by atoms with van der Waals surface area (Å²) in [6.07, 6.45) is 3.25. The first-order valence-corrected chi connectivity index (χ1v) is 3.77. The Morgan fingerprint density at radius 2 is 2.45 bits per heavy atom. The number of methoxy groups -OCH3 is 1. The van der Waals surface area contributed by atoms with Gasteiger partial charge in [0.25, 0.3) is 0 Å². The number of rotatable bonds is 1. The largest absolute Gasteiger partial charge is 0.481 e. The van der Waals surface area contributed by atoms with Crippen LogP contribution in [-0.2, 0) is 4.74 Å². The Balaban J connectivity index is 3.03. The van der Waals surface area contributed by atoms with Crippen LogP contribution in [0.3, 0.4) is 0 Å². The smallest absolute Gasteiger partial charge is 0.214 e. The van der Waals surface area contributed by atoms with Gasteiger partial charge in [-0.25, -0.2) is 0 Å². The molecule has 0 saturated carbocycles. The van der Waals surface area contributed by atoms with E-state index in [0.29, 0.717) is 5.56 Å². The molecule has 1 N–H and O–H groups in total. The first kappa shape index (κ1) is 8.20. The third-order valence-corrected chi connectivity index (χ3v) is 1.85. The maximum Gasteiger partial charge on any atom is 0.214 e. The molecule has 0 aromatic carbocycles. The molecule has 4 heteroatoms.